The number of sulfonamides is 1. The van der Waals surface area contributed by atoms with Crippen molar-refractivity contribution in [2.24, 2.45) is 0 Å². The van der Waals surface area contributed by atoms with Gasteiger partial charge in [0.2, 0.25) is 0 Å². The summed E-state index contributed by atoms with van der Waals surface area (Å²) in [6.07, 6.45) is 1.07. The Morgan fingerprint density at radius 1 is 1.15 bits per heavy atom. The van der Waals surface area contributed by atoms with Crippen LogP contribution in [0.5, 0.6) is 0 Å². The highest BCUT2D eigenvalue weighted by Crippen LogP contribution is 2.26. The molecular weight excluding hydrogens is 438 g/mol. The highest BCUT2D eigenvalue weighted by molar-refractivity contribution is 14.1. The maximum Gasteiger partial charge on any atom is 0.266 e. The number of rotatable bonds is 3. The minimum absolute atomic E-state index is 0.156. The van der Waals surface area contributed by atoms with Crippen molar-refractivity contribution in [3.05, 3.63) is 54.4 Å². The smallest absolute Gasteiger partial charge is 0.266 e. The Morgan fingerprint density at radius 2 is 1.85 bits per heavy atom. The van der Waals surface area contributed by atoms with Crippen LogP contribution in [0.15, 0.2) is 40.2 Å². The quantitative estimate of drug-likeness (QED) is 0.714. The zero-order valence-corrected chi connectivity index (χ0v) is 14.1. The van der Waals surface area contributed by atoms with Gasteiger partial charge in [-0.05, 0) is 46.9 Å². The molecule has 0 saturated carbocycles. The van der Waals surface area contributed by atoms with Crippen LogP contribution in [0.2, 0.25) is 10.0 Å². The highest BCUT2D eigenvalue weighted by Gasteiger charge is 2.17. The Morgan fingerprint density at radius 3 is 2.45 bits per heavy atom. The monoisotopic (exact) mass is 444 g/mol. The van der Waals surface area contributed by atoms with Gasteiger partial charge in [-0.25, -0.2) is 8.42 Å². The van der Waals surface area contributed by atoms with Crippen LogP contribution in [0.4, 0.5) is 5.69 Å². The molecule has 2 rings (SSSR count). The predicted octanol–water partition coefficient (Wildman–Crippen LogP) is 3.09. The van der Waals surface area contributed by atoms with Crippen LogP contribution in [0.3, 0.4) is 0 Å². The molecule has 2 aromatic rings. The Labute approximate surface area is 138 Å². The summed E-state index contributed by atoms with van der Waals surface area (Å²) >= 11 is 13.6. The van der Waals surface area contributed by atoms with E-state index in [1.807, 2.05) is 0 Å². The Hall–Kier alpha value is -0.770. The summed E-state index contributed by atoms with van der Waals surface area (Å²) in [4.78, 5) is 13.2. The van der Waals surface area contributed by atoms with Crippen molar-refractivity contribution < 1.29 is 8.42 Å². The van der Waals surface area contributed by atoms with E-state index in [0.29, 0.717) is 0 Å². The summed E-state index contributed by atoms with van der Waals surface area (Å²) in [6.45, 7) is 0. The van der Waals surface area contributed by atoms with E-state index in [2.05, 4.69) is 32.3 Å². The zero-order chi connectivity index (χ0) is 14.9. The van der Waals surface area contributed by atoms with Crippen LogP contribution >= 0.6 is 45.8 Å². The molecule has 9 heteroatoms. The van der Waals surface area contributed by atoms with Gasteiger partial charge in [-0.2, -0.15) is 0 Å². The standard InChI is InChI=1S/C11H7Cl2IN2O3S/c12-8-3-6(14)1-2-10(8)16-20(18,19)7-4-9(13)11(17)15-5-7/h1-5,16H,(H,15,17). The molecule has 5 nitrogen and oxygen atoms in total. The maximum atomic E-state index is 12.1. The fourth-order valence-electron chi connectivity index (χ4n) is 1.37. The van der Waals surface area contributed by atoms with Gasteiger partial charge < -0.3 is 4.98 Å². The maximum absolute atomic E-state index is 12.1. The molecule has 0 aliphatic heterocycles. The second-order valence-electron chi connectivity index (χ2n) is 3.74. The third kappa shape index (κ3) is 3.46. The predicted molar refractivity (Wildman–Crippen MR) is 87.1 cm³/mol. The molecule has 0 radical (unpaired) electrons. The number of nitrogens with one attached hydrogen (secondary N) is 2. The number of anilines is 1. The number of benzene rings is 1. The van der Waals surface area contributed by atoms with Crippen molar-refractivity contribution in [3.63, 3.8) is 0 Å². The van der Waals surface area contributed by atoms with E-state index in [4.69, 9.17) is 23.2 Å². The molecule has 0 fully saturated rings. The first kappa shape index (κ1) is 15.6. The second kappa shape index (κ2) is 5.92. The first-order valence-corrected chi connectivity index (χ1v) is 8.47. The number of pyridine rings is 1. The van der Waals surface area contributed by atoms with Crippen LogP contribution in [-0.2, 0) is 10.0 Å². The van der Waals surface area contributed by atoms with Gasteiger partial charge in [-0.3, -0.25) is 9.52 Å². The Balaban J connectivity index is 2.40. The van der Waals surface area contributed by atoms with E-state index < -0.39 is 15.6 Å². The summed E-state index contributed by atoms with van der Waals surface area (Å²) in [5, 5.41) is 0.0672. The lowest BCUT2D eigenvalue weighted by Crippen LogP contribution is -2.16. The molecule has 106 valence electrons. The van der Waals surface area contributed by atoms with Gasteiger partial charge in [0.25, 0.3) is 15.6 Å². The lowest BCUT2D eigenvalue weighted by atomic mass is 10.3. The zero-order valence-electron chi connectivity index (χ0n) is 9.65. The van der Waals surface area contributed by atoms with Gasteiger partial charge in [-0.15, -0.1) is 0 Å². The molecule has 0 atom stereocenters. The molecule has 20 heavy (non-hydrogen) atoms. The van der Waals surface area contributed by atoms with Gasteiger partial charge in [0.15, 0.2) is 0 Å². The summed E-state index contributed by atoms with van der Waals surface area (Å²) in [6, 6.07) is 5.96. The van der Waals surface area contributed by atoms with Crippen LogP contribution in [0, 0.1) is 3.57 Å². The number of hydrogen-bond acceptors (Lipinski definition) is 3. The first-order chi connectivity index (χ1) is 9.29. The molecule has 1 heterocycles. The van der Waals surface area contributed by atoms with E-state index in [0.717, 1.165) is 15.8 Å². The summed E-state index contributed by atoms with van der Waals surface area (Å²) in [5.41, 5.74) is -0.313. The van der Waals surface area contributed by atoms with Crippen LogP contribution in [0.1, 0.15) is 0 Å². The third-order valence-corrected chi connectivity index (χ3v) is 4.93. The number of aromatic amines is 1. The van der Waals surface area contributed by atoms with E-state index in [-0.39, 0.29) is 20.6 Å². The average molecular weight is 445 g/mol. The molecule has 0 amide bonds. The van der Waals surface area contributed by atoms with Gasteiger partial charge in [0, 0.05) is 9.77 Å². The SMILES string of the molecule is O=c1[nH]cc(S(=O)(=O)Nc2ccc(I)cc2Cl)cc1Cl. The summed E-state index contributed by atoms with van der Waals surface area (Å²) in [7, 11) is -3.88. The number of halogens is 3. The van der Waals surface area contributed by atoms with E-state index >= 15 is 0 Å². The van der Waals surface area contributed by atoms with Gasteiger partial charge >= 0.3 is 0 Å². The van der Waals surface area contributed by atoms with Crippen molar-refractivity contribution in [1.29, 1.82) is 0 Å². The van der Waals surface area contributed by atoms with Crippen molar-refractivity contribution in [1.82, 2.24) is 4.98 Å². The molecule has 2 N–H and O–H groups in total. The second-order valence-corrected chi connectivity index (χ2v) is 7.48. The first-order valence-electron chi connectivity index (χ1n) is 5.16. The van der Waals surface area contributed by atoms with Crippen molar-refractivity contribution in [2.75, 3.05) is 4.72 Å². The fraction of sp³-hybridized carbons (Fsp3) is 0. The Kier molecular flexibility index (Phi) is 4.62. The fourth-order valence-corrected chi connectivity index (χ4v) is 3.64. The van der Waals surface area contributed by atoms with Gasteiger partial charge in [0.05, 0.1) is 10.7 Å². The van der Waals surface area contributed by atoms with Crippen LogP contribution in [0.25, 0.3) is 0 Å². The number of H-pyrrole nitrogens is 1. The normalized spacial score (nSPS) is 11.3. The lowest BCUT2D eigenvalue weighted by Gasteiger charge is -2.09. The molecule has 0 aliphatic carbocycles. The van der Waals surface area contributed by atoms with Gasteiger partial charge in [-0.1, -0.05) is 23.2 Å². The van der Waals surface area contributed by atoms with Crippen LogP contribution < -0.4 is 10.3 Å². The molecule has 0 bridgehead atoms. The Bertz CT molecular complexity index is 821. The van der Waals surface area contributed by atoms with Crippen molar-refractivity contribution >= 4 is 61.5 Å². The molecule has 0 saturated heterocycles. The van der Waals surface area contributed by atoms with Crippen LogP contribution in [-0.4, -0.2) is 13.4 Å². The number of hydrogen-bond donors (Lipinski definition) is 2. The van der Waals surface area contributed by atoms with Crippen molar-refractivity contribution in [3.8, 4) is 0 Å². The molecule has 1 aromatic heterocycles. The third-order valence-electron chi connectivity index (χ3n) is 2.32. The molecule has 0 spiro atoms. The summed E-state index contributed by atoms with van der Waals surface area (Å²) < 4.78 is 27.5. The van der Waals surface area contributed by atoms with E-state index in [9.17, 15) is 13.2 Å². The minimum atomic E-state index is -3.88. The largest absolute Gasteiger partial charge is 0.326 e. The molecule has 0 aliphatic rings. The number of aromatic nitrogens is 1. The lowest BCUT2D eigenvalue weighted by molar-refractivity contribution is 0.600. The molecule has 0 unspecified atom stereocenters. The van der Waals surface area contributed by atoms with E-state index in [1.54, 1.807) is 18.2 Å². The summed E-state index contributed by atoms with van der Waals surface area (Å²) in [5.74, 6) is 0. The minimum Gasteiger partial charge on any atom is -0.326 e. The van der Waals surface area contributed by atoms with Gasteiger partial charge in [0.1, 0.15) is 9.92 Å². The topological polar surface area (TPSA) is 79.0 Å². The molecular formula is C11H7Cl2IN2O3S. The average Bonchev–Trinajstić information content (AvgIpc) is 2.36. The van der Waals surface area contributed by atoms with Crippen molar-refractivity contribution in [2.45, 2.75) is 4.90 Å². The molecule has 1 aromatic carbocycles. The van der Waals surface area contributed by atoms with E-state index in [1.165, 1.54) is 0 Å². The highest BCUT2D eigenvalue weighted by atomic mass is 127.